The molecule has 0 fully saturated rings. The van der Waals surface area contributed by atoms with Crippen LogP contribution in [0.5, 0.6) is 23.0 Å². The lowest BCUT2D eigenvalue weighted by atomic mass is 9.77. The Morgan fingerprint density at radius 1 is 0.483 bits per heavy atom. The predicted molar refractivity (Wildman–Crippen MR) is 240 cm³/mol. The first-order valence-corrected chi connectivity index (χ1v) is 21.4. The van der Waals surface area contributed by atoms with Gasteiger partial charge in [0.05, 0.1) is 26.4 Å². The molecule has 0 radical (unpaired) electrons. The van der Waals surface area contributed by atoms with Gasteiger partial charge in [-0.2, -0.15) is 0 Å². The van der Waals surface area contributed by atoms with Crippen LogP contribution in [0.2, 0.25) is 0 Å². The molecule has 0 aliphatic rings. The number of aryl methyl sites for hydroxylation is 4. The van der Waals surface area contributed by atoms with Crippen LogP contribution in [0.15, 0.2) is 36.4 Å². The van der Waals surface area contributed by atoms with Gasteiger partial charge in [0.25, 0.3) is 0 Å². The molecule has 0 bridgehead atoms. The summed E-state index contributed by atoms with van der Waals surface area (Å²) in [4.78, 5) is 24.2. The molecule has 10 nitrogen and oxygen atoms in total. The standard InChI is InChI=1S/C34H50O8.C16H26O2/c1-23-19-25(21-27(31(23)37)33(3,4)5)9-11-29(35)41-17-15-39-13-14-40-16-18-42-30(36)12-10-26-20-24(2)32(38)28(22-26)34(6,7)8;1-7-15(3,4)11-9-14(18)12(10-13(11)17)16(5,6)8-2/h19-22,37-38H,9-18H2,1-8H3;9-10,17-18H,7-8H2,1-6H3. The van der Waals surface area contributed by atoms with Gasteiger partial charge in [-0.25, -0.2) is 0 Å². The maximum Gasteiger partial charge on any atom is 0.306 e. The third kappa shape index (κ3) is 16.0. The maximum atomic E-state index is 12.1. The molecule has 4 N–H and O–H groups in total. The van der Waals surface area contributed by atoms with E-state index in [0.29, 0.717) is 37.6 Å². The van der Waals surface area contributed by atoms with Crippen molar-refractivity contribution in [1.29, 1.82) is 0 Å². The molecule has 0 saturated heterocycles. The average molecular weight is 837 g/mol. The highest BCUT2D eigenvalue weighted by Crippen LogP contribution is 2.42. The van der Waals surface area contributed by atoms with Crippen LogP contribution >= 0.6 is 0 Å². The molecular formula is C50H76O10. The Balaban J connectivity index is 0.000000573. The molecule has 60 heavy (non-hydrogen) atoms. The van der Waals surface area contributed by atoms with Crippen molar-refractivity contribution in [3.05, 3.63) is 80.9 Å². The number of benzene rings is 3. The minimum Gasteiger partial charge on any atom is -0.508 e. The molecule has 0 saturated carbocycles. The number of aromatic hydroxyl groups is 4. The molecule has 0 unspecified atom stereocenters. The lowest BCUT2D eigenvalue weighted by molar-refractivity contribution is -0.146. The van der Waals surface area contributed by atoms with Crippen molar-refractivity contribution in [3.63, 3.8) is 0 Å². The molecule has 0 aromatic heterocycles. The number of esters is 2. The summed E-state index contributed by atoms with van der Waals surface area (Å²) >= 11 is 0. The first-order chi connectivity index (χ1) is 27.7. The molecule has 10 heteroatoms. The molecule has 3 aromatic rings. The number of ether oxygens (including phenoxy) is 4. The zero-order valence-electron chi connectivity index (χ0n) is 39.2. The summed E-state index contributed by atoms with van der Waals surface area (Å²) in [5.74, 6) is 0.600. The number of hydrogen-bond donors (Lipinski definition) is 4. The zero-order valence-corrected chi connectivity index (χ0v) is 39.2. The quantitative estimate of drug-likeness (QED) is 0.0522. The molecule has 0 spiro atoms. The zero-order chi connectivity index (χ0) is 45.6. The van der Waals surface area contributed by atoms with Gasteiger partial charge in [-0.15, -0.1) is 0 Å². The van der Waals surface area contributed by atoms with Crippen molar-refractivity contribution in [1.82, 2.24) is 0 Å². The largest absolute Gasteiger partial charge is 0.508 e. The summed E-state index contributed by atoms with van der Waals surface area (Å²) in [5, 5.41) is 41.2. The number of phenols is 4. The van der Waals surface area contributed by atoms with E-state index >= 15 is 0 Å². The summed E-state index contributed by atoms with van der Waals surface area (Å²) in [7, 11) is 0. The van der Waals surface area contributed by atoms with Gasteiger partial charge in [-0.1, -0.05) is 107 Å². The first-order valence-electron chi connectivity index (χ1n) is 21.4. The smallest absolute Gasteiger partial charge is 0.306 e. The Bertz CT molecular complexity index is 1720. The van der Waals surface area contributed by atoms with E-state index < -0.39 is 0 Å². The average Bonchev–Trinajstić information content (AvgIpc) is 3.16. The van der Waals surface area contributed by atoms with Crippen molar-refractivity contribution in [2.24, 2.45) is 0 Å². The van der Waals surface area contributed by atoms with E-state index in [1.54, 1.807) is 12.1 Å². The van der Waals surface area contributed by atoms with Crippen LogP contribution < -0.4 is 0 Å². The van der Waals surface area contributed by atoms with Crippen molar-refractivity contribution in [2.45, 2.75) is 157 Å². The molecule has 3 aromatic carbocycles. The Morgan fingerprint density at radius 2 is 0.800 bits per heavy atom. The maximum absolute atomic E-state index is 12.1. The Morgan fingerprint density at radius 3 is 1.10 bits per heavy atom. The number of carbonyl (C=O) groups is 2. The second-order valence-corrected chi connectivity index (χ2v) is 19.1. The van der Waals surface area contributed by atoms with Crippen LogP contribution in [0.25, 0.3) is 0 Å². The fourth-order valence-corrected chi connectivity index (χ4v) is 6.57. The van der Waals surface area contributed by atoms with Gasteiger partial charge in [-0.3, -0.25) is 9.59 Å². The third-order valence-electron chi connectivity index (χ3n) is 11.3. The van der Waals surface area contributed by atoms with E-state index in [4.69, 9.17) is 18.9 Å². The monoisotopic (exact) mass is 837 g/mol. The summed E-state index contributed by atoms with van der Waals surface area (Å²) in [6.45, 7) is 30.0. The summed E-state index contributed by atoms with van der Waals surface area (Å²) in [6, 6.07) is 11.2. The third-order valence-corrected chi connectivity index (χ3v) is 11.3. The molecule has 0 aliphatic carbocycles. The highest BCUT2D eigenvalue weighted by Gasteiger charge is 2.28. The molecular weight excluding hydrogens is 761 g/mol. The topological polar surface area (TPSA) is 152 Å². The molecule has 0 aliphatic heterocycles. The predicted octanol–water partition coefficient (Wildman–Crippen LogP) is 10.5. The Hall–Kier alpha value is -4.28. The van der Waals surface area contributed by atoms with Crippen molar-refractivity contribution < 1.29 is 49.0 Å². The van der Waals surface area contributed by atoms with Crippen molar-refractivity contribution in [3.8, 4) is 23.0 Å². The minimum atomic E-state index is -0.296. The fraction of sp³-hybridized carbons (Fsp3) is 0.600. The summed E-state index contributed by atoms with van der Waals surface area (Å²) in [5.41, 5.74) is 6.33. The van der Waals surface area contributed by atoms with E-state index in [0.717, 1.165) is 57.3 Å². The van der Waals surface area contributed by atoms with Gasteiger partial charge >= 0.3 is 11.9 Å². The van der Waals surface area contributed by atoms with Gasteiger partial charge in [0.15, 0.2) is 0 Å². The van der Waals surface area contributed by atoms with Crippen LogP contribution in [0.4, 0.5) is 0 Å². The molecule has 3 rings (SSSR count). The second kappa shape index (κ2) is 22.5. The van der Waals surface area contributed by atoms with Gasteiger partial charge in [0, 0.05) is 24.0 Å². The summed E-state index contributed by atoms with van der Waals surface area (Å²) < 4.78 is 21.4. The van der Waals surface area contributed by atoms with E-state index in [2.05, 4.69) is 41.5 Å². The number of rotatable bonds is 19. The molecule has 0 atom stereocenters. The normalized spacial score (nSPS) is 12.2. The minimum absolute atomic E-state index is 0.129. The van der Waals surface area contributed by atoms with Crippen LogP contribution in [-0.4, -0.2) is 72.0 Å². The van der Waals surface area contributed by atoms with Gasteiger partial charge in [0.1, 0.15) is 36.2 Å². The molecule has 0 heterocycles. The lowest BCUT2D eigenvalue weighted by Gasteiger charge is -2.29. The lowest BCUT2D eigenvalue weighted by Crippen LogP contribution is -2.19. The molecule has 336 valence electrons. The number of phenolic OH excluding ortho intramolecular Hbond substituents is 4. The van der Waals surface area contributed by atoms with Crippen LogP contribution in [0.1, 0.15) is 153 Å². The number of carbonyl (C=O) groups excluding carboxylic acids is 2. The van der Waals surface area contributed by atoms with Crippen molar-refractivity contribution >= 4 is 11.9 Å². The van der Waals surface area contributed by atoms with Gasteiger partial charge < -0.3 is 39.4 Å². The molecule has 0 amide bonds. The van der Waals surface area contributed by atoms with Gasteiger partial charge in [-0.05, 0) is 107 Å². The van der Waals surface area contributed by atoms with E-state index in [1.807, 2.05) is 79.7 Å². The Kier molecular flexibility index (Phi) is 19.5. The highest BCUT2D eigenvalue weighted by molar-refractivity contribution is 5.70. The van der Waals surface area contributed by atoms with Crippen LogP contribution in [0.3, 0.4) is 0 Å². The number of hydrogen-bond acceptors (Lipinski definition) is 10. The Labute approximate surface area is 360 Å². The summed E-state index contributed by atoms with van der Waals surface area (Å²) in [6.07, 6.45) is 3.41. The van der Waals surface area contributed by atoms with E-state index in [-0.39, 0.29) is 84.4 Å². The van der Waals surface area contributed by atoms with Gasteiger partial charge in [0.2, 0.25) is 0 Å². The fourth-order valence-electron chi connectivity index (χ4n) is 6.57. The van der Waals surface area contributed by atoms with Crippen LogP contribution in [-0.2, 0) is 63.0 Å². The first kappa shape index (κ1) is 51.9. The SMILES string of the molecule is CCC(C)(C)c1cc(O)c(C(C)(C)CC)cc1O.Cc1cc(CCC(=O)OCCOCCOCCOC(=O)CCc2cc(C)c(O)c(C(C)(C)C)c2)cc(C(C)(C)C)c1O. The van der Waals surface area contributed by atoms with Crippen LogP contribution in [0, 0.1) is 13.8 Å². The second-order valence-electron chi connectivity index (χ2n) is 19.1. The van der Waals surface area contributed by atoms with E-state index in [1.165, 1.54) is 0 Å². The van der Waals surface area contributed by atoms with Crippen molar-refractivity contribution in [2.75, 3.05) is 39.6 Å². The van der Waals surface area contributed by atoms with E-state index in [9.17, 15) is 30.0 Å². The highest BCUT2D eigenvalue weighted by atomic mass is 16.6.